The molecule has 2 amide bonds. The van der Waals surface area contributed by atoms with E-state index in [1.165, 1.54) is 20.3 Å². The van der Waals surface area contributed by atoms with Crippen molar-refractivity contribution in [3.8, 4) is 5.88 Å². The van der Waals surface area contributed by atoms with Crippen LogP contribution in [0.4, 0.5) is 10.1 Å². The van der Waals surface area contributed by atoms with Crippen LogP contribution in [0.3, 0.4) is 0 Å². The number of ether oxygens (including phenoxy) is 2. The van der Waals surface area contributed by atoms with Crippen LogP contribution in [0.2, 0.25) is 0 Å². The third-order valence-electron chi connectivity index (χ3n) is 8.08. The van der Waals surface area contributed by atoms with Crippen LogP contribution in [-0.2, 0) is 37.4 Å². The van der Waals surface area contributed by atoms with Crippen LogP contribution >= 0.6 is 0 Å². The van der Waals surface area contributed by atoms with E-state index in [0.717, 1.165) is 18.4 Å². The van der Waals surface area contributed by atoms with E-state index in [1.807, 2.05) is 19.9 Å². The number of aromatic nitrogens is 1. The van der Waals surface area contributed by atoms with Gasteiger partial charge in [-0.3, -0.25) is 14.4 Å². The zero-order valence-electron chi connectivity index (χ0n) is 21.6. The molecule has 1 aromatic carbocycles. The summed E-state index contributed by atoms with van der Waals surface area (Å²) in [5.74, 6) is -1.48. The number of benzene rings is 1. The van der Waals surface area contributed by atoms with Gasteiger partial charge in [0.05, 0.1) is 25.8 Å². The maximum Gasteiger partial charge on any atom is 0.308 e. The first-order valence-corrected chi connectivity index (χ1v) is 12.7. The molecular weight excluding hydrogens is 477 g/mol. The highest BCUT2D eigenvalue weighted by atomic mass is 19.1. The highest BCUT2D eigenvalue weighted by Crippen LogP contribution is 2.42. The lowest BCUT2D eigenvalue weighted by Crippen LogP contribution is -2.50. The van der Waals surface area contributed by atoms with Crippen LogP contribution in [0.1, 0.15) is 61.5 Å². The summed E-state index contributed by atoms with van der Waals surface area (Å²) in [5, 5.41) is 2.87. The van der Waals surface area contributed by atoms with Crippen molar-refractivity contribution in [2.45, 2.75) is 57.4 Å². The molecule has 0 spiro atoms. The van der Waals surface area contributed by atoms with Crippen LogP contribution in [0, 0.1) is 17.7 Å². The lowest BCUT2D eigenvalue weighted by molar-refractivity contribution is -0.156. The number of methoxy groups -OCH3 is 2. The number of nitrogens with one attached hydrogen (secondary N) is 1. The Kier molecular flexibility index (Phi) is 6.41. The molecule has 0 unspecified atom stereocenters. The van der Waals surface area contributed by atoms with Crippen molar-refractivity contribution in [2.75, 3.05) is 26.1 Å². The van der Waals surface area contributed by atoms with Crippen LogP contribution in [0.5, 0.6) is 5.88 Å². The third-order valence-corrected chi connectivity index (χ3v) is 8.08. The molecule has 9 heteroatoms. The molecule has 2 heterocycles. The van der Waals surface area contributed by atoms with E-state index in [9.17, 15) is 14.4 Å². The molecule has 0 bridgehead atoms. The lowest BCUT2D eigenvalue weighted by Gasteiger charge is -2.41. The summed E-state index contributed by atoms with van der Waals surface area (Å²) in [5.41, 5.74) is 3.02. The Bertz CT molecular complexity index is 1270. The second-order valence-corrected chi connectivity index (χ2v) is 10.8. The molecule has 0 radical (unpaired) electrons. The molecule has 1 N–H and O–H groups in total. The van der Waals surface area contributed by atoms with Gasteiger partial charge < -0.3 is 19.7 Å². The van der Waals surface area contributed by atoms with E-state index in [-0.39, 0.29) is 34.9 Å². The minimum atomic E-state index is -0.931. The molecule has 1 saturated carbocycles. The number of hydrogen-bond donors (Lipinski definition) is 1. The van der Waals surface area contributed by atoms with Crippen LogP contribution in [0.25, 0.3) is 0 Å². The van der Waals surface area contributed by atoms with Crippen molar-refractivity contribution in [1.29, 1.82) is 0 Å². The number of esters is 1. The maximum atomic E-state index is 15.1. The Hall–Kier alpha value is -3.49. The number of carbonyl (C=O) groups excluding carboxylic acids is 3. The molecule has 2 aromatic rings. The summed E-state index contributed by atoms with van der Waals surface area (Å²) in [4.78, 5) is 45.1. The number of fused-ring (bicyclic) bond motifs is 2. The largest absolute Gasteiger partial charge is 0.481 e. The molecular formula is C28H32FN3O5. The number of pyridine rings is 1. The Balaban J connectivity index is 1.43. The van der Waals surface area contributed by atoms with E-state index in [0.29, 0.717) is 54.2 Å². The van der Waals surface area contributed by atoms with Crippen molar-refractivity contribution < 1.29 is 28.2 Å². The molecule has 1 aliphatic heterocycles. The fourth-order valence-corrected chi connectivity index (χ4v) is 5.99. The van der Waals surface area contributed by atoms with Crippen molar-refractivity contribution >= 4 is 23.5 Å². The van der Waals surface area contributed by atoms with Crippen LogP contribution in [-0.4, -0.2) is 48.4 Å². The highest BCUT2D eigenvalue weighted by Gasteiger charge is 2.45. The Labute approximate surface area is 215 Å². The molecule has 1 aromatic heterocycles. The molecule has 2 aliphatic carbocycles. The molecule has 196 valence electrons. The van der Waals surface area contributed by atoms with Crippen molar-refractivity contribution in [1.82, 2.24) is 9.88 Å². The van der Waals surface area contributed by atoms with E-state index in [4.69, 9.17) is 9.47 Å². The maximum absolute atomic E-state index is 15.1. The number of nitrogens with zero attached hydrogens (tertiary/aromatic N) is 2. The van der Waals surface area contributed by atoms with Crippen molar-refractivity contribution in [2.24, 2.45) is 11.8 Å². The summed E-state index contributed by atoms with van der Waals surface area (Å²) >= 11 is 0. The number of carbonyl (C=O) groups is 3. The van der Waals surface area contributed by atoms with Gasteiger partial charge in [-0.25, -0.2) is 9.37 Å². The fourth-order valence-electron chi connectivity index (χ4n) is 5.99. The van der Waals surface area contributed by atoms with Crippen molar-refractivity contribution in [3.05, 3.63) is 52.5 Å². The summed E-state index contributed by atoms with van der Waals surface area (Å²) in [6.07, 6.45) is 2.85. The molecule has 37 heavy (non-hydrogen) atoms. The fraction of sp³-hybridized carbons (Fsp3) is 0.500. The monoisotopic (exact) mass is 509 g/mol. The Morgan fingerprint density at radius 3 is 2.57 bits per heavy atom. The Morgan fingerprint density at radius 2 is 1.86 bits per heavy atom. The summed E-state index contributed by atoms with van der Waals surface area (Å²) < 4.78 is 25.1. The molecule has 3 aliphatic rings. The number of anilines is 1. The zero-order valence-corrected chi connectivity index (χ0v) is 21.6. The summed E-state index contributed by atoms with van der Waals surface area (Å²) in [6, 6.07) is 5.69. The molecule has 1 fully saturated rings. The molecule has 0 saturated heterocycles. The number of amides is 2. The van der Waals surface area contributed by atoms with E-state index in [1.54, 1.807) is 17.0 Å². The van der Waals surface area contributed by atoms with Gasteiger partial charge in [0.2, 0.25) is 11.8 Å². The Morgan fingerprint density at radius 1 is 1.11 bits per heavy atom. The van der Waals surface area contributed by atoms with E-state index in [2.05, 4.69) is 10.3 Å². The van der Waals surface area contributed by atoms with Gasteiger partial charge in [0.1, 0.15) is 11.9 Å². The van der Waals surface area contributed by atoms with Gasteiger partial charge >= 0.3 is 5.97 Å². The van der Waals surface area contributed by atoms with E-state index < -0.39 is 11.9 Å². The first-order valence-electron chi connectivity index (χ1n) is 12.7. The highest BCUT2D eigenvalue weighted by molar-refractivity contribution is 5.99. The number of aryl methyl sites for hydroxylation is 1. The average Bonchev–Trinajstić information content (AvgIpc) is 3.16. The normalized spacial score (nSPS) is 23.4. The van der Waals surface area contributed by atoms with Gasteiger partial charge in [-0.1, -0.05) is 13.8 Å². The first-order chi connectivity index (χ1) is 17.6. The van der Waals surface area contributed by atoms with Gasteiger partial charge in [-0.15, -0.1) is 0 Å². The summed E-state index contributed by atoms with van der Waals surface area (Å²) in [7, 11) is 2.86. The number of rotatable bonds is 5. The van der Waals surface area contributed by atoms with E-state index >= 15 is 4.39 Å². The standard InChI is InChI=1S/C28H32FN3O5/c1-28(2)9-7-15-13-18(14-20(29)23(15)28)30-25(33)24-19-5-6-22(36-3)31-21(19)8-10-32(24)26(34)16-11-17(12-16)27(35)37-4/h5-6,13-14,16-17,24H,7-12H2,1-4H3,(H,30,33)/t16-,17+,24-/m1/s1. The molecule has 8 nitrogen and oxygen atoms in total. The van der Waals surface area contributed by atoms with Gasteiger partial charge in [-0.2, -0.15) is 0 Å². The topological polar surface area (TPSA) is 97.8 Å². The molecule has 1 atom stereocenters. The average molecular weight is 510 g/mol. The van der Waals surface area contributed by atoms with Gasteiger partial charge in [0.15, 0.2) is 0 Å². The van der Waals surface area contributed by atoms with Gasteiger partial charge in [-0.05, 0) is 60.4 Å². The third kappa shape index (κ3) is 4.45. The number of hydrogen-bond acceptors (Lipinski definition) is 6. The lowest BCUT2D eigenvalue weighted by atomic mass is 9.73. The second-order valence-electron chi connectivity index (χ2n) is 10.8. The summed E-state index contributed by atoms with van der Waals surface area (Å²) in [6.45, 7) is 4.35. The minimum Gasteiger partial charge on any atom is -0.481 e. The predicted molar refractivity (Wildman–Crippen MR) is 134 cm³/mol. The first kappa shape index (κ1) is 25.2. The molecule has 5 rings (SSSR count). The SMILES string of the molecule is COc1ccc2c(n1)CCN(C(=O)[C@H]1C[C@@H](C(=O)OC)C1)[C@H]2C(=O)Nc1cc(F)c2c(c1)CCC2(C)C. The zero-order chi connectivity index (χ0) is 26.5. The van der Waals surface area contributed by atoms with Gasteiger partial charge in [0.25, 0.3) is 5.91 Å². The quantitative estimate of drug-likeness (QED) is 0.617. The van der Waals surface area contributed by atoms with Crippen LogP contribution in [0.15, 0.2) is 24.3 Å². The smallest absolute Gasteiger partial charge is 0.308 e. The van der Waals surface area contributed by atoms with Crippen molar-refractivity contribution in [3.63, 3.8) is 0 Å². The number of halogens is 1. The van der Waals surface area contributed by atoms with Crippen LogP contribution < -0.4 is 10.1 Å². The second kappa shape index (κ2) is 9.43. The minimum absolute atomic E-state index is 0.177. The predicted octanol–water partition coefficient (Wildman–Crippen LogP) is 3.72. The van der Waals surface area contributed by atoms with Gasteiger partial charge in [0, 0.05) is 36.2 Å².